The van der Waals surface area contributed by atoms with Gasteiger partial charge in [0.2, 0.25) is 0 Å². The second-order valence-electron chi connectivity index (χ2n) is 1.47. The lowest BCUT2D eigenvalue weighted by Crippen LogP contribution is -1.93. The largest absolute Gasteiger partial charge is 0.450 e. The molecule has 1 aliphatic heterocycles. The summed E-state index contributed by atoms with van der Waals surface area (Å²) >= 11 is 1.73. The Morgan fingerprint density at radius 1 is 1.75 bits per heavy atom. The lowest BCUT2D eigenvalue weighted by Gasteiger charge is -1.98. The molecule has 0 aromatic carbocycles. The zero-order valence-electron chi connectivity index (χ0n) is 4.37. The van der Waals surface area contributed by atoms with Crippen LogP contribution in [-0.2, 0) is 0 Å². The molecule has 3 heteroatoms. The second-order valence-corrected chi connectivity index (χ2v) is 2.41. The van der Waals surface area contributed by atoms with Crippen molar-refractivity contribution in [1.29, 1.82) is 0 Å². The normalized spacial score (nSPS) is 17.9. The van der Waals surface area contributed by atoms with Gasteiger partial charge in [0.1, 0.15) is 0 Å². The van der Waals surface area contributed by atoms with Crippen molar-refractivity contribution in [2.45, 2.75) is 0 Å². The second kappa shape index (κ2) is 3.00. The highest BCUT2D eigenvalue weighted by Crippen LogP contribution is 2.11. The molecule has 1 rings (SSSR count). The van der Waals surface area contributed by atoms with Gasteiger partial charge >= 0.3 is 7.48 Å². The molecule has 1 heterocycles. The first kappa shape index (κ1) is 5.98. The highest BCUT2D eigenvalue weighted by atomic mass is 32.2. The highest BCUT2D eigenvalue weighted by Gasteiger charge is 1.95. The van der Waals surface area contributed by atoms with Gasteiger partial charge in [0.15, 0.2) is 0 Å². The first-order valence-corrected chi connectivity index (χ1v) is 3.44. The van der Waals surface area contributed by atoms with E-state index in [9.17, 15) is 0 Å². The molecule has 1 nitrogen and oxygen atoms in total. The van der Waals surface area contributed by atoms with Crippen molar-refractivity contribution in [3.63, 3.8) is 0 Å². The summed E-state index contributed by atoms with van der Waals surface area (Å²) in [6.07, 6.45) is 3.86. The summed E-state index contributed by atoms with van der Waals surface area (Å²) in [5, 5.41) is 10.4. The molecule has 0 amide bonds. The molecule has 8 heavy (non-hydrogen) atoms. The van der Waals surface area contributed by atoms with E-state index in [0.29, 0.717) is 0 Å². The monoisotopic (exact) mass is 125 g/mol. The maximum atomic E-state index is 8.44. The zero-order valence-corrected chi connectivity index (χ0v) is 5.19. The van der Waals surface area contributed by atoms with E-state index in [1.807, 2.05) is 17.6 Å². The average Bonchev–Trinajstić information content (AvgIpc) is 1.90. The van der Waals surface area contributed by atoms with Crippen LogP contribution in [0.1, 0.15) is 0 Å². The van der Waals surface area contributed by atoms with Crippen LogP contribution < -0.4 is 0 Å². The van der Waals surface area contributed by atoms with E-state index in [2.05, 4.69) is 0 Å². The molecule has 0 unspecified atom stereocenters. The summed E-state index contributed by atoms with van der Waals surface area (Å²) in [7, 11) is 1.12. The Labute approximate surface area is 53.8 Å². The van der Waals surface area contributed by atoms with Crippen LogP contribution in [0.3, 0.4) is 0 Å². The third kappa shape index (κ3) is 1.42. The predicted octanol–water partition coefficient (Wildman–Crippen LogP) is 0.742. The molecule has 0 bridgehead atoms. The molecule has 0 aliphatic carbocycles. The molecule has 0 fully saturated rings. The number of thioether (sulfide) groups is 1. The van der Waals surface area contributed by atoms with Crippen molar-refractivity contribution >= 4 is 19.2 Å². The van der Waals surface area contributed by atoms with Crippen molar-refractivity contribution in [1.82, 2.24) is 0 Å². The minimum absolute atomic E-state index is 0.906. The zero-order chi connectivity index (χ0) is 5.82. The molecule has 41 valence electrons. The molecule has 0 saturated heterocycles. The van der Waals surface area contributed by atoms with E-state index in [1.54, 1.807) is 11.8 Å². The molecule has 0 saturated carbocycles. The fourth-order valence-corrected chi connectivity index (χ4v) is 1.14. The summed E-state index contributed by atoms with van der Waals surface area (Å²) in [6.45, 7) is 0. The minimum Gasteiger partial charge on any atom is -0.450 e. The Morgan fingerprint density at radius 3 is 3.00 bits per heavy atom. The maximum absolute atomic E-state index is 8.44. The Morgan fingerprint density at radius 2 is 2.62 bits per heavy atom. The Bertz CT molecular complexity index is 130. The molecule has 1 aliphatic rings. The Hall–Kier alpha value is -0.145. The van der Waals surface area contributed by atoms with Crippen molar-refractivity contribution < 1.29 is 5.02 Å². The third-order valence-electron chi connectivity index (χ3n) is 0.921. The molecule has 0 spiro atoms. The average molecular weight is 125 g/mol. The van der Waals surface area contributed by atoms with Crippen LogP contribution in [0.25, 0.3) is 0 Å². The fraction of sp³-hybridized carbons (Fsp3) is 0.200. The first-order valence-electron chi connectivity index (χ1n) is 2.39. The number of rotatable bonds is 1. The van der Waals surface area contributed by atoms with Crippen molar-refractivity contribution in [3.8, 4) is 0 Å². The van der Waals surface area contributed by atoms with Gasteiger partial charge in [0.25, 0.3) is 0 Å². The van der Waals surface area contributed by atoms with Crippen molar-refractivity contribution in [2.75, 3.05) is 5.75 Å². The van der Waals surface area contributed by atoms with E-state index in [-0.39, 0.29) is 0 Å². The Kier molecular flexibility index (Phi) is 2.24. The number of hydrogen-bond donors (Lipinski definition) is 1. The maximum Gasteiger partial charge on any atom is 0.326 e. The van der Waals surface area contributed by atoms with Crippen LogP contribution >= 0.6 is 11.8 Å². The van der Waals surface area contributed by atoms with Gasteiger partial charge in [0, 0.05) is 5.75 Å². The number of allylic oxidation sites excluding steroid dienone is 2. The Balaban J connectivity index is 2.51. The molecule has 1 radical (unpaired) electrons. The topological polar surface area (TPSA) is 20.2 Å². The van der Waals surface area contributed by atoms with Crippen LogP contribution in [0.15, 0.2) is 23.0 Å². The van der Waals surface area contributed by atoms with Crippen LogP contribution in [0, 0.1) is 0 Å². The molecule has 0 atom stereocenters. The SMILES string of the molecule is O[B]C1=CCSC=C1. The van der Waals surface area contributed by atoms with Gasteiger partial charge in [-0.25, -0.2) is 0 Å². The molecular formula is C5H6BOS. The van der Waals surface area contributed by atoms with Crippen LogP contribution in [0.5, 0.6) is 0 Å². The summed E-state index contributed by atoms with van der Waals surface area (Å²) in [5.74, 6) is 0.975. The van der Waals surface area contributed by atoms with E-state index >= 15 is 0 Å². The van der Waals surface area contributed by atoms with Gasteiger partial charge in [-0.2, -0.15) is 0 Å². The van der Waals surface area contributed by atoms with Gasteiger partial charge in [-0.1, -0.05) is 17.6 Å². The smallest absolute Gasteiger partial charge is 0.326 e. The van der Waals surface area contributed by atoms with Crippen molar-refractivity contribution in [3.05, 3.63) is 23.0 Å². The van der Waals surface area contributed by atoms with E-state index in [0.717, 1.165) is 18.7 Å². The van der Waals surface area contributed by atoms with Gasteiger partial charge < -0.3 is 5.02 Å². The van der Waals surface area contributed by atoms with Crippen LogP contribution in [0.4, 0.5) is 0 Å². The molecular weight excluding hydrogens is 119 g/mol. The summed E-state index contributed by atoms with van der Waals surface area (Å²) in [6, 6.07) is 0. The van der Waals surface area contributed by atoms with Crippen LogP contribution in [-0.4, -0.2) is 18.3 Å². The minimum atomic E-state index is 0.906. The lowest BCUT2D eigenvalue weighted by atomic mass is 9.88. The first-order chi connectivity index (χ1) is 3.93. The summed E-state index contributed by atoms with van der Waals surface area (Å²) in [5.41, 5.74) is 0.906. The van der Waals surface area contributed by atoms with Crippen molar-refractivity contribution in [2.24, 2.45) is 0 Å². The molecule has 1 N–H and O–H groups in total. The predicted molar refractivity (Wildman–Crippen MR) is 37.7 cm³/mol. The molecule has 0 aromatic heterocycles. The van der Waals surface area contributed by atoms with E-state index in [1.165, 1.54) is 0 Å². The van der Waals surface area contributed by atoms with Gasteiger partial charge in [-0.15, -0.1) is 11.8 Å². The van der Waals surface area contributed by atoms with E-state index < -0.39 is 0 Å². The van der Waals surface area contributed by atoms with E-state index in [4.69, 9.17) is 5.02 Å². The number of hydrogen-bond acceptors (Lipinski definition) is 2. The summed E-state index contributed by atoms with van der Waals surface area (Å²) in [4.78, 5) is 0. The lowest BCUT2D eigenvalue weighted by molar-refractivity contribution is 0.612. The highest BCUT2D eigenvalue weighted by molar-refractivity contribution is 8.02. The van der Waals surface area contributed by atoms with Gasteiger partial charge in [-0.05, 0) is 5.41 Å². The third-order valence-corrected chi connectivity index (χ3v) is 1.61. The van der Waals surface area contributed by atoms with Crippen LogP contribution in [0.2, 0.25) is 0 Å². The van der Waals surface area contributed by atoms with Gasteiger partial charge in [-0.3, -0.25) is 0 Å². The quantitative estimate of drug-likeness (QED) is 0.521. The fourth-order valence-electron chi connectivity index (χ4n) is 0.490. The molecule has 0 aromatic rings. The standard InChI is InChI=1S/C5H6BOS/c7-6-5-1-3-8-4-2-5/h1-3,7H,4H2. The summed E-state index contributed by atoms with van der Waals surface area (Å²) < 4.78 is 0. The van der Waals surface area contributed by atoms with Gasteiger partial charge in [0.05, 0.1) is 0 Å².